The predicted molar refractivity (Wildman–Crippen MR) is 126 cm³/mol. The van der Waals surface area contributed by atoms with Crippen molar-refractivity contribution >= 4 is 51.3 Å². The molecule has 0 atom stereocenters. The van der Waals surface area contributed by atoms with Gasteiger partial charge in [0.15, 0.2) is 5.96 Å². The Morgan fingerprint density at radius 1 is 1.21 bits per heavy atom. The summed E-state index contributed by atoms with van der Waals surface area (Å²) in [5, 5.41) is 3.12. The Labute approximate surface area is 190 Å². The Bertz CT molecular complexity index is 689. The Kier molecular flexibility index (Phi) is 12.6. The van der Waals surface area contributed by atoms with E-state index in [1.807, 2.05) is 6.07 Å². The van der Waals surface area contributed by atoms with Crippen molar-refractivity contribution in [2.75, 3.05) is 32.8 Å². The summed E-state index contributed by atoms with van der Waals surface area (Å²) < 4.78 is 32.3. The summed E-state index contributed by atoms with van der Waals surface area (Å²) in [6.07, 6.45) is 7.42. The first kappa shape index (κ1) is 25.6. The molecule has 28 heavy (non-hydrogen) atoms. The topological polar surface area (TPSA) is 97.0 Å². The third-order valence-electron chi connectivity index (χ3n) is 4.44. The second-order valence-electron chi connectivity index (χ2n) is 6.63. The number of guanidine groups is 1. The molecule has 1 aliphatic heterocycles. The quantitative estimate of drug-likeness (QED) is 0.193. The standard InChI is InChI=1S/C18H32N4O3S2.HI/c1-2-3-4-5-6-7-10-20-18(19)21-15-16-8-9-17(26-16)27(23,24)22-11-13-25-14-12-22;/h8-9H,2-7,10-15H2,1H3,(H3,19,20,21);1H. The van der Waals surface area contributed by atoms with Gasteiger partial charge in [-0.2, -0.15) is 4.31 Å². The normalized spacial score (nSPS) is 16.0. The molecule has 1 fully saturated rings. The van der Waals surface area contributed by atoms with E-state index in [2.05, 4.69) is 17.2 Å². The van der Waals surface area contributed by atoms with E-state index >= 15 is 0 Å². The SMILES string of the molecule is CCCCCCCCNC(N)=NCc1ccc(S(=O)(=O)N2CCOCC2)s1.I. The van der Waals surface area contributed by atoms with Gasteiger partial charge < -0.3 is 15.8 Å². The van der Waals surface area contributed by atoms with Crippen LogP contribution in [-0.4, -0.2) is 51.5 Å². The van der Waals surface area contributed by atoms with Crippen molar-refractivity contribution in [3.8, 4) is 0 Å². The van der Waals surface area contributed by atoms with Crippen molar-refractivity contribution in [1.82, 2.24) is 9.62 Å². The lowest BCUT2D eigenvalue weighted by Crippen LogP contribution is -2.40. The Hall–Kier alpha value is -0.430. The molecule has 0 aromatic carbocycles. The fourth-order valence-corrected chi connectivity index (χ4v) is 5.68. The maximum Gasteiger partial charge on any atom is 0.252 e. The minimum atomic E-state index is -3.43. The third-order valence-corrected chi connectivity index (χ3v) is 7.88. The van der Waals surface area contributed by atoms with E-state index in [4.69, 9.17) is 10.5 Å². The minimum absolute atomic E-state index is 0. The number of thiophene rings is 1. The van der Waals surface area contributed by atoms with Crippen LogP contribution in [0.4, 0.5) is 0 Å². The number of aliphatic imine (C=N–C) groups is 1. The molecule has 0 amide bonds. The minimum Gasteiger partial charge on any atom is -0.379 e. The highest BCUT2D eigenvalue weighted by molar-refractivity contribution is 14.0. The van der Waals surface area contributed by atoms with Crippen molar-refractivity contribution in [2.24, 2.45) is 10.7 Å². The highest BCUT2D eigenvalue weighted by atomic mass is 127. The van der Waals surface area contributed by atoms with Gasteiger partial charge in [0.2, 0.25) is 0 Å². The molecule has 7 nitrogen and oxygen atoms in total. The molecule has 0 radical (unpaired) electrons. The number of halogens is 1. The van der Waals surface area contributed by atoms with Crippen LogP contribution in [0.5, 0.6) is 0 Å². The van der Waals surface area contributed by atoms with E-state index in [9.17, 15) is 8.42 Å². The van der Waals surface area contributed by atoms with E-state index in [-0.39, 0.29) is 24.0 Å². The molecule has 2 heterocycles. The predicted octanol–water partition coefficient (Wildman–Crippen LogP) is 3.15. The van der Waals surface area contributed by atoms with Gasteiger partial charge in [-0.15, -0.1) is 35.3 Å². The maximum atomic E-state index is 12.6. The number of nitrogens with zero attached hydrogens (tertiary/aromatic N) is 2. The van der Waals surface area contributed by atoms with Crippen LogP contribution in [0.1, 0.15) is 50.3 Å². The summed E-state index contributed by atoms with van der Waals surface area (Å²) >= 11 is 1.25. The molecule has 0 unspecified atom stereocenters. The number of nitrogens with one attached hydrogen (secondary N) is 1. The number of hydrogen-bond donors (Lipinski definition) is 2. The fraction of sp³-hybridized carbons (Fsp3) is 0.722. The molecule has 162 valence electrons. The van der Waals surface area contributed by atoms with Gasteiger partial charge in [-0.25, -0.2) is 13.4 Å². The molecule has 0 bridgehead atoms. The van der Waals surface area contributed by atoms with Gasteiger partial charge >= 0.3 is 0 Å². The first-order chi connectivity index (χ1) is 13.0. The number of unbranched alkanes of at least 4 members (excludes halogenated alkanes) is 5. The number of morpholine rings is 1. The van der Waals surface area contributed by atoms with Crippen molar-refractivity contribution in [3.05, 3.63) is 17.0 Å². The zero-order chi connectivity index (χ0) is 19.5. The molecule has 3 N–H and O–H groups in total. The summed E-state index contributed by atoms with van der Waals surface area (Å²) in [7, 11) is -3.43. The molecule has 1 aliphatic rings. The van der Waals surface area contributed by atoms with E-state index in [1.165, 1.54) is 47.7 Å². The Morgan fingerprint density at radius 2 is 1.89 bits per heavy atom. The van der Waals surface area contributed by atoms with Crippen LogP contribution in [0.15, 0.2) is 21.3 Å². The van der Waals surface area contributed by atoms with Crippen LogP contribution in [0.2, 0.25) is 0 Å². The average Bonchev–Trinajstić information content (AvgIpc) is 3.16. The largest absolute Gasteiger partial charge is 0.379 e. The van der Waals surface area contributed by atoms with Crippen LogP contribution in [0.25, 0.3) is 0 Å². The van der Waals surface area contributed by atoms with Gasteiger partial charge in [-0.3, -0.25) is 0 Å². The number of rotatable bonds is 11. The molecule has 10 heteroatoms. The molecule has 0 spiro atoms. The number of sulfonamides is 1. The highest BCUT2D eigenvalue weighted by Gasteiger charge is 2.27. The number of ether oxygens (including phenoxy) is 1. The molecule has 2 rings (SSSR count). The molecule has 1 saturated heterocycles. The van der Waals surface area contributed by atoms with E-state index in [0.29, 0.717) is 43.0 Å². The van der Waals surface area contributed by atoms with Crippen LogP contribution in [0, 0.1) is 0 Å². The summed E-state index contributed by atoms with van der Waals surface area (Å²) in [6.45, 7) is 5.13. The van der Waals surface area contributed by atoms with Crippen molar-refractivity contribution in [3.63, 3.8) is 0 Å². The van der Waals surface area contributed by atoms with Crippen LogP contribution < -0.4 is 11.1 Å². The maximum absolute atomic E-state index is 12.6. The lowest BCUT2D eigenvalue weighted by molar-refractivity contribution is 0.0731. The smallest absolute Gasteiger partial charge is 0.252 e. The van der Waals surface area contributed by atoms with E-state index in [0.717, 1.165) is 17.8 Å². The van der Waals surface area contributed by atoms with Crippen LogP contribution >= 0.6 is 35.3 Å². The number of nitrogens with two attached hydrogens (primary N) is 1. The van der Waals surface area contributed by atoms with Gasteiger partial charge in [-0.1, -0.05) is 39.0 Å². The van der Waals surface area contributed by atoms with Crippen LogP contribution in [0.3, 0.4) is 0 Å². The lowest BCUT2D eigenvalue weighted by atomic mass is 10.1. The lowest BCUT2D eigenvalue weighted by Gasteiger charge is -2.25. The van der Waals surface area contributed by atoms with Gasteiger partial charge in [0.25, 0.3) is 10.0 Å². The van der Waals surface area contributed by atoms with Crippen molar-refractivity contribution in [2.45, 2.75) is 56.2 Å². The van der Waals surface area contributed by atoms with E-state index in [1.54, 1.807) is 6.07 Å². The summed E-state index contributed by atoms with van der Waals surface area (Å²) in [4.78, 5) is 5.20. The van der Waals surface area contributed by atoms with Gasteiger partial charge in [0.05, 0.1) is 19.8 Å². The molecular formula is C18H33IN4O3S2. The molecular weight excluding hydrogens is 511 g/mol. The molecule has 0 aliphatic carbocycles. The van der Waals surface area contributed by atoms with Crippen molar-refractivity contribution < 1.29 is 13.2 Å². The average molecular weight is 545 g/mol. The third kappa shape index (κ3) is 8.52. The second-order valence-corrected chi connectivity index (χ2v) is 9.97. The summed E-state index contributed by atoms with van der Waals surface area (Å²) in [6, 6.07) is 3.46. The molecule has 1 aromatic heterocycles. The fourth-order valence-electron chi connectivity index (χ4n) is 2.84. The zero-order valence-electron chi connectivity index (χ0n) is 16.6. The number of hydrogen-bond acceptors (Lipinski definition) is 5. The molecule has 0 saturated carbocycles. The highest BCUT2D eigenvalue weighted by Crippen LogP contribution is 2.26. The first-order valence-corrected chi connectivity index (χ1v) is 12.0. The summed E-state index contributed by atoms with van der Waals surface area (Å²) in [5.41, 5.74) is 5.90. The second kappa shape index (κ2) is 13.7. The first-order valence-electron chi connectivity index (χ1n) is 9.74. The van der Waals surface area contributed by atoms with Gasteiger partial charge in [-0.05, 0) is 18.6 Å². The Morgan fingerprint density at radius 3 is 2.61 bits per heavy atom. The Balaban J connectivity index is 0.00000392. The summed E-state index contributed by atoms with van der Waals surface area (Å²) in [5.74, 6) is 0.412. The van der Waals surface area contributed by atoms with Crippen molar-refractivity contribution in [1.29, 1.82) is 0 Å². The molecule has 1 aromatic rings. The monoisotopic (exact) mass is 544 g/mol. The van der Waals surface area contributed by atoms with Crippen LogP contribution in [-0.2, 0) is 21.3 Å². The van der Waals surface area contributed by atoms with E-state index < -0.39 is 10.0 Å². The van der Waals surface area contributed by atoms with Gasteiger partial charge in [0.1, 0.15) is 4.21 Å². The van der Waals surface area contributed by atoms with Gasteiger partial charge in [0, 0.05) is 24.5 Å². The zero-order valence-corrected chi connectivity index (χ0v) is 20.5.